The molecule has 2 saturated heterocycles. The number of nitrogens with one attached hydrogen (secondary N) is 1. The summed E-state index contributed by atoms with van der Waals surface area (Å²) in [5, 5.41) is 7.75. The Morgan fingerprint density at radius 2 is 1.97 bits per heavy atom. The topological polar surface area (TPSA) is 70.8 Å². The van der Waals surface area contributed by atoms with Gasteiger partial charge in [-0.1, -0.05) is 18.9 Å². The second kappa shape index (κ2) is 11.7. The number of aliphatic imine (C=N–C) groups is 1. The Balaban J connectivity index is 0.00000272. The molecular weight excluding hydrogens is 505 g/mol. The summed E-state index contributed by atoms with van der Waals surface area (Å²) in [6.07, 6.45) is 11.1. The van der Waals surface area contributed by atoms with Crippen molar-refractivity contribution in [1.82, 2.24) is 25.0 Å². The number of guanidine groups is 1. The highest BCUT2D eigenvalue weighted by Gasteiger charge is 2.25. The summed E-state index contributed by atoms with van der Waals surface area (Å²) < 4.78 is 7.76. The van der Waals surface area contributed by atoms with Crippen molar-refractivity contribution < 1.29 is 4.74 Å². The zero-order valence-electron chi connectivity index (χ0n) is 18.5. The standard InChI is InChI=1S/C22H33N7O.HI/c1-23-22(29-11-12-30-20(17-29)19-15-26-27(2)16-19)25-14-18-7-8-21(24-13-18)28-9-5-3-4-6-10-28;/h7-8,13,15-16,20H,3-6,9-12,14,17H2,1-2H3,(H,23,25);1H. The van der Waals surface area contributed by atoms with Crippen molar-refractivity contribution >= 4 is 35.8 Å². The molecule has 9 heteroatoms. The van der Waals surface area contributed by atoms with Crippen LogP contribution in [0.3, 0.4) is 0 Å². The van der Waals surface area contributed by atoms with E-state index >= 15 is 0 Å². The van der Waals surface area contributed by atoms with E-state index in [1.54, 1.807) is 0 Å². The van der Waals surface area contributed by atoms with Gasteiger partial charge in [0.05, 0.1) is 19.3 Å². The minimum Gasteiger partial charge on any atom is -0.370 e. The molecule has 1 atom stereocenters. The molecular formula is C22H34IN7O. The number of halogens is 1. The number of nitrogens with zero attached hydrogens (tertiary/aromatic N) is 6. The number of morpholine rings is 1. The Labute approximate surface area is 202 Å². The fraction of sp³-hybridized carbons (Fsp3) is 0.591. The first kappa shape index (κ1) is 23.8. The van der Waals surface area contributed by atoms with Gasteiger partial charge < -0.3 is 19.9 Å². The second-order valence-electron chi connectivity index (χ2n) is 8.08. The summed E-state index contributed by atoms with van der Waals surface area (Å²) in [6, 6.07) is 4.32. The predicted octanol–water partition coefficient (Wildman–Crippen LogP) is 2.96. The van der Waals surface area contributed by atoms with E-state index in [1.807, 2.05) is 37.4 Å². The van der Waals surface area contributed by atoms with Gasteiger partial charge in [0.15, 0.2) is 5.96 Å². The van der Waals surface area contributed by atoms with E-state index in [2.05, 4.69) is 37.3 Å². The van der Waals surface area contributed by atoms with Crippen LogP contribution in [0.4, 0.5) is 5.82 Å². The van der Waals surface area contributed by atoms with Crippen molar-refractivity contribution in [1.29, 1.82) is 0 Å². The van der Waals surface area contributed by atoms with Gasteiger partial charge in [-0.2, -0.15) is 5.10 Å². The summed E-state index contributed by atoms with van der Waals surface area (Å²) in [5.74, 6) is 1.99. The zero-order valence-corrected chi connectivity index (χ0v) is 20.9. The fourth-order valence-corrected chi connectivity index (χ4v) is 4.17. The van der Waals surface area contributed by atoms with E-state index < -0.39 is 0 Å². The lowest BCUT2D eigenvalue weighted by Crippen LogP contribution is -2.47. The van der Waals surface area contributed by atoms with Crippen LogP contribution < -0.4 is 10.2 Å². The van der Waals surface area contributed by atoms with Crippen LogP contribution in [-0.2, 0) is 18.3 Å². The highest BCUT2D eigenvalue weighted by atomic mass is 127. The number of rotatable bonds is 4. The zero-order chi connectivity index (χ0) is 20.8. The fourth-order valence-electron chi connectivity index (χ4n) is 4.17. The summed E-state index contributed by atoms with van der Waals surface area (Å²) in [7, 11) is 3.76. The first-order valence-electron chi connectivity index (χ1n) is 11.0. The maximum absolute atomic E-state index is 5.95. The molecule has 1 unspecified atom stereocenters. The smallest absolute Gasteiger partial charge is 0.194 e. The molecule has 0 radical (unpaired) electrons. The van der Waals surface area contributed by atoms with Crippen LogP contribution >= 0.6 is 24.0 Å². The molecule has 0 saturated carbocycles. The molecule has 0 aliphatic carbocycles. The number of aromatic nitrogens is 3. The third kappa shape index (κ3) is 6.31. The van der Waals surface area contributed by atoms with Crippen molar-refractivity contribution in [2.24, 2.45) is 12.0 Å². The summed E-state index contributed by atoms with van der Waals surface area (Å²) in [6.45, 7) is 5.19. The number of pyridine rings is 1. The number of ether oxygens (including phenoxy) is 1. The van der Waals surface area contributed by atoms with Crippen molar-refractivity contribution in [3.8, 4) is 0 Å². The molecule has 4 heterocycles. The number of hydrogen-bond acceptors (Lipinski definition) is 5. The van der Waals surface area contributed by atoms with Gasteiger partial charge in [0.25, 0.3) is 0 Å². The van der Waals surface area contributed by atoms with E-state index in [0.717, 1.165) is 49.1 Å². The maximum Gasteiger partial charge on any atom is 0.194 e. The van der Waals surface area contributed by atoms with E-state index in [1.165, 1.54) is 25.7 Å². The van der Waals surface area contributed by atoms with Crippen molar-refractivity contribution in [2.75, 3.05) is 44.7 Å². The van der Waals surface area contributed by atoms with Crippen molar-refractivity contribution in [3.05, 3.63) is 41.9 Å². The second-order valence-corrected chi connectivity index (χ2v) is 8.08. The van der Waals surface area contributed by atoms with Gasteiger partial charge in [-0.15, -0.1) is 24.0 Å². The number of hydrogen-bond donors (Lipinski definition) is 1. The minimum atomic E-state index is 0. The number of aryl methyl sites for hydroxylation is 1. The Morgan fingerprint density at radius 3 is 2.61 bits per heavy atom. The molecule has 2 aromatic rings. The van der Waals surface area contributed by atoms with Crippen molar-refractivity contribution in [3.63, 3.8) is 0 Å². The molecule has 2 aromatic heterocycles. The van der Waals surface area contributed by atoms with Crippen LogP contribution in [0.15, 0.2) is 35.7 Å². The van der Waals surface area contributed by atoms with Crippen LogP contribution in [0.1, 0.15) is 42.9 Å². The van der Waals surface area contributed by atoms with E-state index in [-0.39, 0.29) is 30.1 Å². The van der Waals surface area contributed by atoms with E-state index in [4.69, 9.17) is 9.72 Å². The third-order valence-corrected chi connectivity index (χ3v) is 5.86. The summed E-state index contributed by atoms with van der Waals surface area (Å²) in [4.78, 5) is 13.9. The van der Waals surface area contributed by atoms with E-state index in [9.17, 15) is 0 Å². The van der Waals surface area contributed by atoms with Crippen LogP contribution in [0, 0.1) is 0 Å². The molecule has 8 nitrogen and oxygen atoms in total. The molecule has 0 bridgehead atoms. The normalized spacial score (nSPS) is 20.2. The third-order valence-electron chi connectivity index (χ3n) is 5.86. The molecule has 4 rings (SSSR count). The molecule has 31 heavy (non-hydrogen) atoms. The van der Waals surface area contributed by atoms with Gasteiger partial charge in [-0.25, -0.2) is 4.98 Å². The Morgan fingerprint density at radius 1 is 1.16 bits per heavy atom. The highest BCUT2D eigenvalue weighted by Crippen LogP contribution is 2.22. The predicted molar refractivity (Wildman–Crippen MR) is 134 cm³/mol. The van der Waals surface area contributed by atoms with Crippen LogP contribution in [-0.4, -0.2) is 65.5 Å². The van der Waals surface area contributed by atoms with Gasteiger partial charge >= 0.3 is 0 Å². The van der Waals surface area contributed by atoms with Gasteiger partial charge in [0.1, 0.15) is 11.9 Å². The lowest BCUT2D eigenvalue weighted by Gasteiger charge is -2.34. The molecule has 2 aliphatic rings. The van der Waals surface area contributed by atoms with Gasteiger partial charge in [0, 0.05) is 58.2 Å². The Bertz CT molecular complexity index is 831. The summed E-state index contributed by atoms with van der Waals surface area (Å²) in [5.41, 5.74) is 2.26. The largest absolute Gasteiger partial charge is 0.370 e. The quantitative estimate of drug-likeness (QED) is 0.366. The average Bonchev–Trinajstić information content (AvgIpc) is 3.04. The van der Waals surface area contributed by atoms with Crippen LogP contribution in [0.2, 0.25) is 0 Å². The monoisotopic (exact) mass is 539 g/mol. The van der Waals surface area contributed by atoms with Crippen LogP contribution in [0.5, 0.6) is 0 Å². The van der Waals surface area contributed by atoms with Crippen LogP contribution in [0.25, 0.3) is 0 Å². The number of anilines is 1. The Hall–Kier alpha value is -1.88. The summed E-state index contributed by atoms with van der Waals surface area (Å²) >= 11 is 0. The Kier molecular flexibility index (Phi) is 8.94. The van der Waals surface area contributed by atoms with Gasteiger partial charge in [-0.3, -0.25) is 9.67 Å². The molecule has 170 valence electrons. The molecule has 0 aromatic carbocycles. The molecule has 0 amide bonds. The average molecular weight is 539 g/mol. The molecule has 2 fully saturated rings. The molecule has 1 N–H and O–H groups in total. The lowest BCUT2D eigenvalue weighted by molar-refractivity contribution is -0.00805. The molecule has 2 aliphatic heterocycles. The van der Waals surface area contributed by atoms with Gasteiger partial charge in [-0.05, 0) is 24.5 Å². The van der Waals surface area contributed by atoms with Crippen molar-refractivity contribution in [2.45, 2.75) is 38.3 Å². The van der Waals surface area contributed by atoms with Gasteiger partial charge in [0.2, 0.25) is 0 Å². The maximum atomic E-state index is 5.95. The first-order valence-corrected chi connectivity index (χ1v) is 11.0. The molecule has 0 spiro atoms. The minimum absolute atomic E-state index is 0. The lowest BCUT2D eigenvalue weighted by atomic mass is 10.1. The van der Waals surface area contributed by atoms with E-state index in [0.29, 0.717) is 13.2 Å². The first-order chi connectivity index (χ1) is 14.7. The SMILES string of the molecule is CN=C(NCc1ccc(N2CCCCCC2)nc1)N1CCOC(c2cnn(C)c2)C1.I. The highest BCUT2D eigenvalue weighted by molar-refractivity contribution is 14.0.